The first kappa shape index (κ1) is 16.3. The highest BCUT2D eigenvalue weighted by atomic mass is 35.5. The number of aromatic nitrogens is 1. The van der Waals surface area contributed by atoms with Gasteiger partial charge in [0.15, 0.2) is 0 Å². The lowest BCUT2D eigenvalue weighted by Gasteiger charge is -2.08. The number of halogens is 2. The Kier molecular flexibility index (Phi) is 4.99. The van der Waals surface area contributed by atoms with Crippen molar-refractivity contribution in [3.63, 3.8) is 0 Å². The van der Waals surface area contributed by atoms with Gasteiger partial charge >= 0.3 is 0 Å². The van der Waals surface area contributed by atoms with Gasteiger partial charge in [-0.15, -0.1) is 0 Å². The zero-order chi connectivity index (χ0) is 16.9. The Hall–Kier alpha value is -2.56. The van der Waals surface area contributed by atoms with E-state index in [4.69, 9.17) is 23.2 Å². The normalized spacial score (nSPS) is 10.2. The highest BCUT2D eigenvalue weighted by Gasteiger charge is 2.08. The van der Waals surface area contributed by atoms with E-state index in [9.17, 15) is 4.79 Å². The zero-order valence-electron chi connectivity index (χ0n) is 12.5. The van der Waals surface area contributed by atoms with Gasteiger partial charge in [0.05, 0.1) is 11.9 Å². The van der Waals surface area contributed by atoms with Gasteiger partial charge in [0.25, 0.3) is 5.91 Å². The Morgan fingerprint density at radius 1 is 0.833 bits per heavy atom. The smallest absolute Gasteiger partial charge is 0.274 e. The molecule has 0 unspecified atom stereocenters. The first-order chi connectivity index (χ1) is 11.6. The molecule has 1 heterocycles. The molecule has 2 N–H and O–H groups in total. The minimum atomic E-state index is -0.299. The van der Waals surface area contributed by atoms with Crippen molar-refractivity contribution in [3.05, 3.63) is 82.6 Å². The quantitative estimate of drug-likeness (QED) is 0.658. The molecule has 0 bridgehead atoms. The molecule has 1 amide bonds. The summed E-state index contributed by atoms with van der Waals surface area (Å²) in [4.78, 5) is 16.4. The van der Waals surface area contributed by atoms with E-state index in [1.807, 2.05) is 12.1 Å². The van der Waals surface area contributed by atoms with Crippen molar-refractivity contribution in [3.8, 4) is 0 Å². The molecule has 24 heavy (non-hydrogen) atoms. The molecule has 0 aliphatic heterocycles. The Labute approximate surface area is 149 Å². The van der Waals surface area contributed by atoms with Gasteiger partial charge in [-0.2, -0.15) is 0 Å². The van der Waals surface area contributed by atoms with Crippen molar-refractivity contribution in [1.29, 1.82) is 0 Å². The maximum absolute atomic E-state index is 12.2. The highest BCUT2D eigenvalue weighted by Crippen LogP contribution is 2.20. The van der Waals surface area contributed by atoms with Gasteiger partial charge in [0.2, 0.25) is 0 Å². The van der Waals surface area contributed by atoms with Crippen LogP contribution >= 0.6 is 23.2 Å². The number of nitrogens with zero attached hydrogens (tertiary/aromatic N) is 1. The molecule has 0 saturated heterocycles. The standard InChI is InChI=1S/C18H13Cl2N3O/c19-12-3-1-5-14(9-12)22-16-7-8-17(21-11-16)18(24)23-15-6-2-4-13(20)10-15/h1-11,22H,(H,23,24). The molecule has 0 fully saturated rings. The molecule has 0 spiro atoms. The topological polar surface area (TPSA) is 54.0 Å². The van der Waals surface area contributed by atoms with Gasteiger partial charge < -0.3 is 10.6 Å². The van der Waals surface area contributed by atoms with Crippen molar-refractivity contribution in [2.24, 2.45) is 0 Å². The maximum Gasteiger partial charge on any atom is 0.274 e. The van der Waals surface area contributed by atoms with Crippen molar-refractivity contribution in [1.82, 2.24) is 4.98 Å². The van der Waals surface area contributed by atoms with E-state index < -0.39 is 0 Å². The Bertz CT molecular complexity index is 866. The van der Waals surface area contributed by atoms with Crippen LogP contribution in [0.15, 0.2) is 66.9 Å². The van der Waals surface area contributed by atoms with E-state index in [0.29, 0.717) is 21.4 Å². The molecular formula is C18H13Cl2N3O. The number of rotatable bonds is 4. The van der Waals surface area contributed by atoms with Crippen LogP contribution in [0.1, 0.15) is 10.5 Å². The average molecular weight is 358 g/mol. The highest BCUT2D eigenvalue weighted by molar-refractivity contribution is 6.31. The molecule has 3 rings (SSSR count). The first-order valence-corrected chi connectivity index (χ1v) is 7.91. The third-order valence-electron chi connectivity index (χ3n) is 3.19. The Balaban J connectivity index is 1.68. The summed E-state index contributed by atoms with van der Waals surface area (Å²) in [6.45, 7) is 0. The molecule has 3 aromatic rings. The van der Waals surface area contributed by atoms with E-state index in [0.717, 1.165) is 11.4 Å². The van der Waals surface area contributed by atoms with Crippen LogP contribution in [0.4, 0.5) is 17.1 Å². The fourth-order valence-corrected chi connectivity index (χ4v) is 2.48. The molecule has 2 aromatic carbocycles. The van der Waals surface area contributed by atoms with Gasteiger partial charge in [-0.1, -0.05) is 35.3 Å². The summed E-state index contributed by atoms with van der Waals surface area (Å²) in [5.74, 6) is -0.299. The van der Waals surface area contributed by atoms with Crippen molar-refractivity contribution in [2.45, 2.75) is 0 Å². The molecule has 120 valence electrons. The number of anilines is 3. The lowest BCUT2D eigenvalue weighted by Crippen LogP contribution is -2.13. The van der Waals surface area contributed by atoms with Crippen molar-refractivity contribution in [2.75, 3.05) is 10.6 Å². The van der Waals surface area contributed by atoms with Crippen LogP contribution in [0, 0.1) is 0 Å². The van der Waals surface area contributed by atoms with Gasteiger partial charge in [-0.05, 0) is 48.5 Å². The summed E-state index contributed by atoms with van der Waals surface area (Å²) in [6, 6.07) is 17.7. The number of pyridine rings is 1. The van der Waals surface area contributed by atoms with Gasteiger partial charge in [-0.25, -0.2) is 4.98 Å². The van der Waals surface area contributed by atoms with E-state index in [-0.39, 0.29) is 5.91 Å². The fraction of sp³-hybridized carbons (Fsp3) is 0. The summed E-state index contributed by atoms with van der Waals surface area (Å²) in [6.07, 6.45) is 1.59. The average Bonchev–Trinajstić information content (AvgIpc) is 2.55. The maximum atomic E-state index is 12.2. The monoisotopic (exact) mass is 357 g/mol. The van der Waals surface area contributed by atoms with Crippen LogP contribution in [0.2, 0.25) is 10.0 Å². The second kappa shape index (κ2) is 7.34. The molecule has 4 nitrogen and oxygen atoms in total. The summed E-state index contributed by atoms with van der Waals surface area (Å²) >= 11 is 11.8. The van der Waals surface area contributed by atoms with Crippen LogP contribution < -0.4 is 10.6 Å². The van der Waals surface area contributed by atoms with Gasteiger partial charge in [0.1, 0.15) is 5.69 Å². The number of hydrogen-bond acceptors (Lipinski definition) is 3. The number of hydrogen-bond donors (Lipinski definition) is 2. The minimum Gasteiger partial charge on any atom is -0.354 e. The molecule has 0 saturated carbocycles. The number of carbonyl (C=O) groups is 1. The van der Waals surface area contributed by atoms with Gasteiger partial charge in [-0.3, -0.25) is 4.79 Å². The predicted molar refractivity (Wildman–Crippen MR) is 98.4 cm³/mol. The zero-order valence-corrected chi connectivity index (χ0v) is 14.0. The third-order valence-corrected chi connectivity index (χ3v) is 3.66. The second-order valence-corrected chi connectivity index (χ2v) is 5.90. The summed E-state index contributed by atoms with van der Waals surface area (Å²) < 4.78 is 0. The molecule has 0 aliphatic rings. The van der Waals surface area contributed by atoms with E-state index >= 15 is 0 Å². The number of nitrogens with one attached hydrogen (secondary N) is 2. The van der Waals surface area contributed by atoms with Crippen molar-refractivity contribution >= 4 is 46.2 Å². The fourth-order valence-electron chi connectivity index (χ4n) is 2.10. The van der Waals surface area contributed by atoms with E-state index in [1.165, 1.54) is 0 Å². The molecule has 1 aromatic heterocycles. The van der Waals surface area contributed by atoms with Crippen LogP contribution in [-0.2, 0) is 0 Å². The number of carbonyl (C=O) groups excluding carboxylic acids is 1. The molecule has 0 aliphatic carbocycles. The number of amides is 1. The summed E-state index contributed by atoms with van der Waals surface area (Å²) in [5.41, 5.74) is 2.54. The molecular weight excluding hydrogens is 345 g/mol. The second-order valence-electron chi connectivity index (χ2n) is 5.03. The van der Waals surface area contributed by atoms with Crippen LogP contribution in [-0.4, -0.2) is 10.9 Å². The molecule has 6 heteroatoms. The van der Waals surface area contributed by atoms with E-state index in [2.05, 4.69) is 15.6 Å². The van der Waals surface area contributed by atoms with Crippen LogP contribution in [0.25, 0.3) is 0 Å². The molecule has 0 atom stereocenters. The van der Waals surface area contributed by atoms with Crippen molar-refractivity contribution < 1.29 is 4.79 Å². The minimum absolute atomic E-state index is 0.299. The lowest BCUT2D eigenvalue weighted by molar-refractivity contribution is 0.102. The molecule has 0 radical (unpaired) electrons. The SMILES string of the molecule is O=C(Nc1cccc(Cl)c1)c1ccc(Nc2cccc(Cl)c2)cn1. The third kappa shape index (κ3) is 4.25. The lowest BCUT2D eigenvalue weighted by atomic mass is 10.2. The van der Waals surface area contributed by atoms with Gasteiger partial charge in [0, 0.05) is 21.4 Å². The first-order valence-electron chi connectivity index (χ1n) is 7.16. The summed E-state index contributed by atoms with van der Waals surface area (Å²) in [7, 11) is 0. The summed E-state index contributed by atoms with van der Waals surface area (Å²) in [5, 5.41) is 7.13. The Morgan fingerprint density at radius 2 is 1.50 bits per heavy atom. The predicted octanol–water partition coefficient (Wildman–Crippen LogP) is 5.38. The van der Waals surface area contributed by atoms with E-state index in [1.54, 1.807) is 54.7 Å². The largest absolute Gasteiger partial charge is 0.354 e. The van der Waals surface area contributed by atoms with Crippen LogP contribution in [0.3, 0.4) is 0 Å². The number of benzene rings is 2. The van der Waals surface area contributed by atoms with Crippen LogP contribution in [0.5, 0.6) is 0 Å². The Morgan fingerprint density at radius 3 is 2.12 bits per heavy atom.